The van der Waals surface area contributed by atoms with Gasteiger partial charge in [-0.15, -0.1) is 24.0 Å². The molecule has 0 aromatic heterocycles. The molecule has 6 heteroatoms. The Morgan fingerprint density at radius 1 is 1.32 bits per heavy atom. The van der Waals surface area contributed by atoms with E-state index >= 15 is 0 Å². The summed E-state index contributed by atoms with van der Waals surface area (Å²) < 4.78 is 11.7. The van der Waals surface area contributed by atoms with Gasteiger partial charge < -0.3 is 11.1 Å². The van der Waals surface area contributed by atoms with Crippen molar-refractivity contribution in [3.63, 3.8) is 0 Å². The number of rotatable bonds is 4. The first-order chi connectivity index (χ1) is 8.39. The number of nitrogens with two attached hydrogens (primary N) is 1. The van der Waals surface area contributed by atoms with Gasteiger partial charge in [-0.1, -0.05) is 19.3 Å². The summed E-state index contributed by atoms with van der Waals surface area (Å²) in [7, 11) is -0.851. The molecule has 3 N–H and O–H groups in total. The Morgan fingerprint density at radius 2 is 1.89 bits per heavy atom. The van der Waals surface area contributed by atoms with Crippen LogP contribution >= 0.6 is 24.0 Å². The number of guanidine groups is 1. The van der Waals surface area contributed by atoms with Crippen LogP contribution in [0.5, 0.6) is 0 Å². The second kappa shape index (κ2) is 9.15. The third kappa shape index (κ3) is 8.12. The molecule has 0 saturated heterocycles. The number of hydrogen-bond donors (Lipinski definition) is 2. The van der Waals surface area contributed by atoms with E-state index in [4.69, 9.17) is 5.73 Å². The summed E-state index contributed by atoms with van der Waals surface area (Å²) in [5.74, 6) is 1.09. The summed E-state index contributed by atoms with van der Waals surface area (Å²) in [5.41, 5.74) is 5.84. The van der Waals surface area contributed by atoms with Crippen molar-refractivity contribution in [2.45, 2.75) is 63.7 Å². The summed E-state index contributed by atoms with van der Waals surface area (Å²) in [5, 5.41) is 3.26. The fourth-order valence-corrected chi connectivity index (χ4v) is 2.93. The van der Waals surface area contributed by atoms with Crippen LogP contribution in [-0.4, -0.2) is 33.3 Å². The minimum atomic E-state index is -0.851. The molecule has 1 aliphatic carbocycles. The normalized spacial score (nSPS) is 19.6. The average molecular weight is 401 g/mol. The van der Waals surface area contributed by atoms with E-state index < -0.39 is 10.8 Å². The zero-order chi connectivity index (χ0) is 13.6. The molecule has 114 valence electrons. The van der Waals surface area contributed by atoms with E-state index in [2.05, 4.69) is 10.3 Å². The first kappa shape index (κ1) is 19.1. The minimum Gasteiger partial charge on any atom is -0.370 e. The van der Waals surface area contributed by atoms with Gasteiger partial charge in [-0.3, -0.25) is 9.20 Å². The van der Waals surface area contributed by atoms with Gasteiger partial charge in [-0.2, -0.15) is 0 Å². The van der Waals surface area contributed by atoms with Crippen molar-refractivity contribution in [1.82, 2.24) is 5.32 Å². The van der Waals surface area contributed by atoms with Crippen LogP contribution in [0.1, 0.15) is 52.9 Å². The number of nitrogens with zero attached hydrogens (tertiary/aromatic N) is 1. The van der Waals surface area contributed by atoms with Crippen LogP contribution in [0.15, 0.2) is 4.99 Å². The zero-order valence-electron chi connectivity index (χ0n) is 12.3. The minimum absolute atomic E-state index is 0. The fourth-order valence-electron chi connectivity index (χ4n) is 2.06. The number of aliphatic imine (C=N–C) groups is 1. The molecule has 1 aliphatic rings. The van der Waals surface area contributed by atoms with Gasteiger partial charge >= 0.3 is 0 Å². The molecule has 0 heterocycles. The van der Waals surface area contributed by atoms with E-state index in [0.29, 0.717) is 24.3 Å². The number of nitrogens with one attached hydrogen (secondary N) is 1. The van der Waals surface area contributed by atoms with Crippen molar-refractivity contribution in [1.29, 1.82) is 0 Å². The first-order valence-corrected chi connectivity index (χ1v) is 8.16. The van der Waals surface area contributed by atoms with Gasteiger partial charge in [0, 0.05) is 27.3 Å². The molecule has 1 unspecified atom stereocenters. The van der Waals surface area contributed by atoms with Gasteiger partial charge in [0.05, 0.1) is 6.54 Å². The molecule has 0 aromatic carbocycles. The summed E-state index contributed by atoms with van der Waals surface area (Å²) >= 11 is 0. The smallest absolute Gasteiger partial charge is 0.188 e. The predicted octanol–water partition coefficient (Wildman–Crippen LogP) is 2.39. The van der Waals surface area contributed by atoms with Crippen molar-refractivity contribution >= 4 is 40.7 Å². The van der Waals surface area contributed by atoms with E-state index in [0.717, 1.165) is 0 Å². The summed E-state index contributed by atoms with van der Waals surface area (Å²) in [6.07, 6.45) is 6.26. The number of halogens is 1. The Labute approximate surface area is 136 Å². The van der Waals surface area contributed by atoms with Crippen LogP contribution < -0.4 is 11.1 Å². The van der Waals surface area contributed by atoms with Gasteiger partial charge in [0.15, 0.2) is 5.96 Å². The van der Waals surface area contributed by atoms with Crippen LogP contribution in [0.25, 0.3) is 0 Å². The highest BCUT2D eigenvalue weighted by atomic mass is 127. The zero-order valence-corrected chi connectivity index (χ0v) is 15.4. The van der Waals surface area contributed by atoms with Crippen LogP contribution in [0.4, 0.5) is 0 Å². The van der Waals surface area contributed by atoms with E-state index in [1.54, 1.807) is 0 Å². The van der Waals surface area contributed by atoms with E-state index in [-0.39, 0.29) is 28.7 Å². The highest BCUT2D eigenvalue weighted by molar-refractivity contribution is 14.0. The lowest BCUT2D eigenvalue weighted by Gasteiger charge is -2.23. The molecule has 4 nitrogen and oxygen atoms in total. The maximum Gasteiger partial charge on any atom is 0.188 e. The highest BCUT2D eigenvalue weighted by Crippen LogP contribution is 2.17. The summed E-state index contributed by atoms with van der Waals surface area (Å²) in [6.45, 7) is 6.48. The van der Waals surface area contributed by atoms with E-state index in [1.807, 2.05) is 20.8 Å². The lowest BCUT2D eigenvalue weighted by Crippen LogP contribution is -2.41. The molecule has 1 rings (SSSR count). The Kier molecular flexibility index (Phi) is 9.23. The Balaban J connectivity index is 0.00000324. The monoisotopic (exact) mass is 401 g/mol. The van der Waals surface area contributed by atoms with Crippen molar-refractivity contribution < 1.29 is 4.21 Å². The van der Waals surface area contributed by atoms with Crippen LogP contribution in [0.2, 0.25) is 0 Å². The second-order valence-electron chi connectivity index (χ2n) is 5.91. The van der Waals surface area contributed by atoms with Gasteiger partial charge in [0.2, 0.25) is 0 Å². The van der Waals surface area contributed by atoms with Crippen molar-refractivity contribution in [2.75, 3.05) is 12.3 Å². The van der Waals surface area contributed by atoms with Gasteiger partial charge in [0.1, 0.15) is 0 Å². The van der Waals surface area contributed by atoms with Gasteiger partial charge in [-0.25, -0.2) is 0 Å². The molecule has 0 bridgehead atoms. The van der Waals surface area contributed by atoms with Crippen molar-refractivity contribution in [3.05, 3.63) is 0 Å². The maximum atomic E-state index is 11.8. The topological polar surface area (TPSA) is 67.5 Å². The van der Waals surface area contributed by atoms with E-state index in [1.165, 1.54) is 32.1 Å². The molecule has 19 heavy (non-hydrogen) atoms. The highest BCUT2D eigenvalue weighted by Gasteiger charge is 2.18. The molecule has 1 atom stereocenters. The third-order valence-electron chi connectivity index (χ3n) is 3.20. The Morgan fingerprint density at radius 3 is 2.42 bits per heavy atom. The van der Waals surface area contributed by atoms with Crippen molar-refractivity contribution in [3.8, 4) is 0 Å². The largest absolute Gasteiger partial charge is 0.370 e. The molecular weight excluding hydrogens is 373 g/mol. The SMILES string of the molecule is CC(C)(C)S(=O)CCN=C(N)NC1CCCCC1.I. The van der Waals surface area contributed by atoms with Gasteiger partial charge in [0.25, 0.3) is 0 Å². The average Bonchev–Trinajstić information content (AvgIpc) is 2.28. The molecule has 1 saturated carbocycles. The standard InChI is InChI=1S/C13H27N3OS.HI/c1-13(2,3)18(17)10-9-15-12(14)16-11-7-5-4-6-8-11;/h11H,4-10H2,1-3H3,(H3,14,15,16);1H. The lowest BCUT2D eigenvalue weighted by molar-refractivity contribution is 0.412. The van der Waals surface area contributed by atoms with Crippen LogP contribution in [0, 0.1) is 0 Å². The third-order valence-corrected chi connectivity index (χ3v) is 5.12. The lowest BCUT2D eigenvalue weighted by atomic mass is 9.96. The predicted molar refractivity (Wildman–Crippen MR) is 94.7 cm³/mol. The van der Waals surface area contributed by atoms with E-state index in [9.17, 15) is 4.21 Å². The second-order valence-corrected chi connectivity index (χ2v) is 8.23. The first-order valence-electron chi connectivity index (χ1n) is 6.84. The summed E-state index contributed by atoms with van der Waals surface area (Å²) in [6, 6.07) is 0.482. The van der Waals surface area contributed by atoms with Crippen LogP contribution in [0.3, 0.4) is 0 Å². The number of hydrogen-bond acceptors (Lipinski definition) is 2. The molecule has 0 aliphatic heterocycles. The molecule has 0 aromatic rings. The van der Waals surface area contributed by atoms with Crippen LogP contribution in [-0.2, 0) is 10.8 Å². The quantitative estimate of drug-likeness (QED) is 0.432. The molecular formula is C13H28IN3OS. The van der Waals surface area contributed by atoms with Crippen molar-refractivity contribution in [2.24, 2.45) is 10.7 Å². The van der Waals surface area contributed by atoms with Gasteiger partial charge in [-0.05, 0) is 33.6 Å². The molecule has 0 radical (unpaired) electrons. The molecule has 0 amide bonds. The summed E-state index contributed by atoms with van der Waals surface area (Å²) in [4.78, 5) is 4.26. The fraction of sp³-hybridized carbons (Fsp3) is 0.923. The molecule has 0 spiro atoms. The molecule has 1 fully saturated rings. The maximum absolute atomic E-state index is 11.8. The Bertz CT molecular complexity index is 310. The Hall–Kier alpha value is 0.150.